The van der Waals surface area contributed by atoms with E-state index in [0.717, 1.165) is 36.4 Å². The third-order valence-corrected chi connectivity index (χ3v) is 4.93. The molecule has 0 amide bonds. The molecule has 0 aliphatic rings. The number of hydrogen-bond acceptors (Lipinski definition) is 4. The first kappa shape index (κ1) is 17.5. The topological polar surface area (TPSA) is 15.7 Å². The van der Waals surface area contributed by atoms with Crippen LogP contribution in [0.1, 0.15) is 10.4 Å². The minimum absolute atomic E-state index is 0.877. The number of likely N-dealkylation sites (N-methyl/N-ethyl adjacent to an activating group) is 1. The number of halogens is 1. The molecular formula is C17H23BrN2OS. The summed E-state index contributed by atoms with van der Waals surface area (Å²) < 4.78 is 6.31. The largest absolute Gasteiger partial charge is 0.496 e. The van der Waals surface area contributed by atoms with Crippen LogP contribution >= 0.6 is 27.3 Å². The van der Waals surface area contributed by atoms with E-state index < -0.39 is 0 Å². The van der Waals surface area contributed by atoms with E-state index in [9.17, 15) is 0 Å². The van der Waals surface area contributed by atoms with Crippen molar-refractivity contribution in [2.24, 2.45) is 0 Å². The zero-order valence-electron chi connectivity index (χ0n) is 13.4. The van der Waals surface area contributed by atoms with E-state index in [4.69, 9.17) is 4.74 Å². The maximum atomic E-state index is 5.30. The van der Waals surface area contributed by atoms with Crippen molar-refractivity contribution in [2.75, 3.05) is 34.3 Å². The SMILES string of the molecule is COc1ccc(CN(CCN(C)C)Cc2cccs2)cc1Br. The predicted octanol–water partition coefficient (Wildman–Crippen LogP) is 4.08. The summed E-state index contributed by atoms with van der Waals surface area (Å²) in [6.45, 7) is 4.04. The molecule has 0 aliphatic carbocycles. The average Bonchev–Trinajstić information content (AvgIpc) is 2.98. The van der Waals surface area contributed by atoms with Gasteiger partial charge in [-0.05, 0) is 59.2 Å². The molecule has 0 N–H and O–H groups in total. The number of hydrogen-bond donors (Lipinski definition) is 0. The first-order chi connectivity index (χ1) is 10.6. The Morgan fingerprint density at radius 1 is 1.14 bits per heavy atom. The fourth-order valence-electron chi connectivity index (χ4n) is 2.24. The number of ether oxygens (including phenoxy) is 1. The molecule has 0 aliphatic heterocycles. The second-order valence-electron chi connectivity index (χ2n) is 5.56. The van der Waals surface area contributed by atoms with Gasteiger partial charge in [-0.2, -0.15) is 0 Å². The molecule has 0 radical (unpaired) electrons. The number of thiophene rings is 1. The van der Waals surface area contributed by atoms with E-state index in [2.05, 4.69) is 69.5 Å². The lowest BCUT2D eigenvalue weighted by Gasteiger charge is -2.24. The minimum atomic E-state index is 0.877. The molecule has 2 aromatic rings. The Morgan fingerprint density at radius 3 is 2.55 bits per heavy atom. The van der Waals surface area contributed by atoms with Crippen LogP contribution in [0.15, 0.2) is 40.2 Å². The Bertz CT molecular complexity index is 572. The highest BCUT2D eigenvalue weighted by Crippen LogP contribution is 2.26. The summed E-state index contributed by atoms with van der Waals surface area (Å²) in [4.78, 5) is 6.12. The molecule has 1 heterocycles. The Hall–Kier alpha value is -0.880. The summed E-state index contributed by atoms with van der Waals surface area (Å²) in [5.74, 6) is 0.877. The van der Waals surface area contributed by atoms with Crippen LogP contribution in [-0.4, -0.2) is 44.1 Å². The monoisotopic (exact) mass is 382 g/mol. The van der Waals surface area contributed by atoms with Crippen LogP contribution in [-0.2, 0) is 13.1 Å². The Morgan fingerprint density at radius 2 is 1.95 bits per heavy atom. The summed E-state index contributed by atoms with van der Waals surface area (Å²) in [5, 5.41) is 2.14. The number of rotatable bonds is 8. The van der Waals surface area contributed by atoms with E-state index in [0.29, 0.717) is 0 Å². The first-order valence-corrected chi connectivity index (χ1v) is 8.97. The molecular weight excluding hydrogens is 360 g/mol. The van der Waals surface area contributed by atoms with Gasteiger partial charge in [0.05, 0.1) is 11.6 Å². The van der Waals surface area contributed by atoms with Gasteiger partial charge < -0.3 is 9.64 Å². The van der Waals surface area contributed by atoms with Gasteiger partial charge in [0.1, 0.15) is 5.75 Å². The van der Waals surface area contributed by atoms with Crippen LogP contribution in [0.3, 0.4) is 0 Å². The maximum absolute atomic E-state index is 5.30. The van der Waals surface area contributed by atoms with Crippen LogP contribution in [0, 0.1) is 0 Å². The normalized spacial score (nSPS) is 11.4. The Balaban J connectivity index is 2.05. The van der Waals surface area contributed by atoms with Crippen molar-refractivity contribution < 1.29 is 4.74 Å². The molecule has 0 saturated heterocycles. The van der Waals surface area contributed by atoms with E-state index in [1.807, 2.05) is 17.4 Å². The van der Waals surface area contributed by atoms with Gasteiger partial charge in [-0.25, -0.2) is 0 Å². The molecule has 0 bridgehead atoms. The fraction of sp³-hybridized carbons (Fsp3) is 0.412. The quantitative estimate of drug-likeness (QED) is 0.683. The molecule has 2 rings (SSSR count). The molecule has 120 valence electrons. The predicted molar refractivity (Wildman–Crippen MR) is 97.7 cm³/mol. The molecule has 1 aromatic carbocycles. The number of methoxy groups -OCH3 is 1. The van der Waals surface area contributed by atoms with Crippen molar-refractivity contribution in [3.8, 4) is 5.75 Å². The van der Waals surface area contributed by atoms with Gasteiger partial charge in [-0.1, -0.05) is 12.1 Å². The molecule has 0 saturated carbocycles. The van der Waals surface area contributed by atoms with Crippen molar-refractivity contribution in [2.45, 2.75) is 13.1 Å². The van der Waals surface area contributed by atoms with Gasteiger partial charge in [0, 0.05) is 31.1 Å². The van der Waals surface area contributed by atoms with Crippen LogP contribution < -0.4 is 4.74 Å². The fourth-order valence-corrected chi connectivity index (χ4v) is 3.58. The van der Waals surface area contributed by atoms with Crippen molar-refractivity contribution in [1.29, 1.82) is 0 Å². The summed E-state index contributed by atoms with van der Waals surface area (Å²) in [6, 6.07) is 10.6. The van der Waals surface area contributed by atoms with Crippen LogP contribution in [0.2, 0.25) is 0 Å². The van der Waals surface area contributed by atoms with E-state index in [1.165, 1.54) is 10.4 Å². The molecule has 5 heteroatoms. The maximum Gasteiger partial charge on any atom is 0.133 e. The van der Waals surface area contributed by atoms with E-state index in [1.54, 1.807) is 7.11 Å². The lowest BCUT2D eigenvalue weighted by atomic mass is 10.2. The van der Waals surface area contributed by atoms with Crippen molar-refractivity contribution >= 4 is 27.3 Å². The summed E-state index contributed by atoms with van der Waals surface area (Å²) in [6.07, 6.45) is 0. The third kappa shape index (κ3) is 5.39. The van der Waals surface area contributed by atoms with Crippen molar-refractivity contribution in [3.63, 3.8) is 0 Å². The lowest BCUT2D eigenvalue weighted by Crippen LogP contribution is -2.30. The van der Waals surface area contributed by atoms with Gasteiger partial charge in [0.25, 0.3) is 0 Å². The zero-order chi connectivity index (χ0) is 15.9. The van der Waals surface area contributed by atoms with Crippen molar-refractivity contribution in [1.82, 2.24) is 9.80 Å². The molecule has 0 spiro atoms. The molecule has 0 fully saturated rings. The van der Waals surface area contributed by atoms with E-state index in [-0.39, 0.29) is 0 Å². The summed E-state index contributed by atoms with van der Waals surface area (Å²) in [5.41, 5.74) is 1.29. The minimum Gasteiger partial charge on any atom is -0.496 e. The number of nitrogens with zero attached hydrogens (tertiary/aromatic N) is 2. The van der Waals surface area contributed by atoms with Gasteiger partial charge in [-0.15, -0.1) is 11.3 Å². The zero-order valence-corrected chi connectivity index (χ0v) is 15.8. The molecule has 1 aromatic heterocycles. The second kappa shape index (κ2) is 8.67. The van der Waals surface area contributed by atoms with Gasteiger partial charge in [0.2, 0.25) is 0 Å². The molecule has 0 unspecified atom stereocenters. The molecule has 0 atom stereocenters. The van der Waals surface area contributed by atoms with Crippen molar-refractivity contribution in [3.05, 3.63) is 50.6 Å². The van der Waals surface area contributed by atoms with E-state index >= 15 is 0 Å². The number of benzene rings is 1. The molecule has 22 heavy (non-hydrogen) atoms. The highest BCUT2D eigenvalue weighted by molar-refractivity contribution is 9.10. The average molecular weight is 383 g/mol. The van der Waals surface area contributed by atoms with Crippen LogP contribution in [0.4, 0.5) is 0 Å². The Kier molecular flexibility index (Phi) is 6.89. The Labute approximate surface area is 145 Å². The summed E-state index contributed by atoms with van der Waals surface area (Å²) in [7, 11) is 5.93. The lowest BCUT2D eigenvalue weighted by molar-refractivity contribution is 0.228. The standard InChI is InChI=1S/C17H23BrN2OS/c1-19(2)8-9-20(13-15-5-4-10-22-15)12-14-6-7-17(21-3)16(18)11-14/h4-7,10-11H,8-9,12-13H2,1-3H3. The highest BCUT2D eigenvalue weighted by atomic mass is 79.9. The van der Waals surface area contributed by atoms with Gasteiger partial charge in [0.15, 0.2) is 0 Å². The van der Waals surface area contributed by atoms with Crippen LogP contribution in [0.5, 0.6) is 5.75 Å². The van der Waals surface area contributed by atoms with Gasteiger partial charge in [-0.3, -0.25) is 4.90 Å². The second-order valence-corrected chi connectivity index (χ2v) is 7.45. The third-order valence-electron chi connectivity index (χ3n) is 3.45. The first-order valence-electron chi connectivity index (χ1n) is 7.30. The van der Waals surface area contributed by atoms with Gasteiger partial charge >= 0.3 is 0 Å². The smallest absolute Gasteiger partial charge is 0.133 e. The van der Waals surface area contributed by atoms with Crippen LogP contribution in [0.25, 0.3) is 0 Å². The molecule has 3 nitrogen and oxygen atoms in total. The highest BCUT2D eigenvalue weighted by Gasteiger charge is 2.10. The summed E-state index contributed by atoms with van der Waals surface area (Å²) >= 11 is 5.39.